The first-order valence-corrected chi connectivity index (χ1v) is 7.77. The van der Waals surface area contributed by atoms with E-state index < -0.39 is 0 Å². The summed E-state index contributed by atoms with van der Waals surface area (Å²) in [6, 6.07) is 5.31. The summed E-state index contributed by atoms with van der Waals surface area (Å²) in [5.41, 5.74) is 0.879. The van der Waals surface area contributed by atoms with Crippen molar-refractivity contribution in [3.8, 4) is 0 Å². The molecule has 0 aromatic heterocycles. The first-order valence-electron chi connectivity index (χ1n) is 7.01. The van der Waals surface area contributed by atoms with Gasteiger partial charge in [-0.15, -0.1) is 0 Å². The smallest absolute Gasteiger partial charge is 0.310 e. The molecular weight excluding hydrogens is 325 g/mol. The van der Waals surface area contributed by atoms with Gasteiger partial charge in [-0.2, -0.15) is 0 Å². The molecule has 0 radical (unpaired) electrons. The maximum atomic E-state index is 11.4. The molecule has 1 rings (SSSR count). The Morgan fingerprint density at radius 2 is 2.09 bits per heavy atom. The summed E-state index contributed by atoms with van der Waals surface area (Å²) in [7, 11) is 1.38. The van der Waals surface area contributed by atoms with Crippen LogP contribution < -0.4 is 10.6 Å². The predicted octanol–water partition coefficient (Wildman–Crippen LogP) is 2.86. The fourth-order valence-electron chi connectivity index (χ4n) is 1.69. The van der Waals surface area contributed by atoms with Crippen molar-refractivity contribution in [1.29, 1.82) is 0 Å². The van der Waals surface area contributed by atoms with Gasteiger partial charge in [-0.3, -0.25) is 4.79 Å². The van der Waals surface area contributed by atoms with Crippen LogP contribution in [0.15, 0.2) is 23.2 Å². The Morgan fingerprint density at radius 1 is 1.36 bits per heavy atom. The van der Waals surface area contributed by atoms with E-state index in [1.165, 1.54) is 7.11 Å². The summed E-state index contributed by atoms with van der Waals surface area (Å²) >= 11 is 12.0. The first-order chi connectivity index (χ1) is 10.5. The summed E-state index contributed by atoms with van der Waals surface area (Å²) < 4.78 is 4.69. The highest BCUT2D eigenvalue weighted by Crippen LogP contribution is 2.21. The van der Waals surface area contributed by atoms with Gasteiger partial charge in [0.15, 0.2) is 5.96 Å². The standard InChI is InChI=1S/C15H21Cl2N3O2/c1-4-18-15(19-8-10(2)14(21)22-3)20-9-11-5-6-12(16)7-13(11)17/h5-7,10H,4,8-9H2,1-3H3,(H2,18,19,20). The van der Waals surface area contributed by atoms with Gasteiger partial charge in [-0.25, -0.2) is 4.99 Å². The number of nitrogens with zero attached hydrogens (tertiary/aromatic N) is 1. The van der Waals surface area contributed by atoms with Crippen LogP contribution in [0.4, 0.5) is 0 Å². The molecule has 0 spiro atoms. The van der Waals surface area contributed by atoms with Crippen LogP contribution in [0.25, 0.3) is 0 Å². The zero-order valence-corrected chi connectivity index (χ0v) is 14.5. The topological polar surface area (TPSA) is 62.7 Å². The van der Waals surface area contributed by atoms with E-state index in [0.717, 1.165) is 5.56 Å². The van der Waals surface area contributed by atoms with E-state index in [2.05, 4.69) is 15.6 Å². The molecule has 0 bridgehead atoms. The van der Waals surface area contributed by atoms with Crippen molar-refractivity contribution >= 4 is 35.1 Å². The molecule has 0 heterocycles. The van der Waals surface area contributed by atoms with Gasteiger partial charge in [0.2, 0.25) is 0 Å². The van der Waals surface area contributed by atoms with E-state index >= 15 is 0 Å². The van der Waals surface area contributed by atoms with Crippen molar-refractivity contribution in [2.45, 2.75) is 20.4 Å². The summed E-state index contributed by atoms with van der Waals surface area (Å²) in [6.45, 7) is 5.33. The zero-order chi connectivity index (χ0) is 16.5. The third-order valence-corrected chi connectivity index (χ3v) is 3.53. The Morgan fingerprint density at radius 3 is 2.68 bits per heavy atom. The molecule has 22 heavy (non-hydrogen) atoms. The zero-order valence-electron chi connectivity index (χ0n) is 13.0. The fourth-order valence-corrected chi connectivity index (χ4v) is 2.16. The Bertz CT molecular complexity index is 536. The normalized spacial score (nSPS) is 12.7. The van der Waals surface area contributed by atoms with Crippen LogP contribution in [0.5, 0.6) is 0 Å². The van der Waals surface area contributed by atoms with Gasteiger partial charge in [0.1, 0.15) is 0 Å². The average Bonchev–Trinajstić information content (AvgIpc) is 2.50. The highest BCUT2D eigenvalue weighted by molar-refractivity contribution is 6.35. The largest absolute Gasteiger partial charge is 0.469 e. The number of methoxy groups -OCH3 is 1. The van der Waals surface area contributed by atoms with Gasteiger partial charge in [-0.05, 0) is 24.6 Å². The van der Waals surface area contributed by atoms with Crippen LogP contribution in [0.2, 0.25) is 10.0 Å². The van der Waals surface area contributed by atoms with E-state index in [1.807, 2.05) is 13.0 Å². The SMILES string of the molecule is CCNC(=NCc1ccc(Cl)cc1Cl)NCC(C)C(=O)OC. The monoisotopic (exact) mass is 345 g/mol. The second-order valence-electron chi connectivity index (χ2n) is 4.74. The maximum absolute atomic E-state index is 11.4. The number of aliphatic imine (C=N–C) groups is 1. The van der Waals surface area contributed by atoms with E-state index in [4.69, 9.17) is 27.9 Å². The number of ether oxygens (including phenoxy) is 1. The summed E-state index contributed by atoms with van der Waals surface area (Å²) in [5.74, 6) is 0.0985. The third kappa shape index (κ3) is 6.12. The molecule has 0 saturated carbocycles. The van der Waals surface area contributed by atoms with Crippen molar-refractivity contribution in [1.82, 2.24) is 10.6 Å². The van der Waals surface area contributed by atoms with Gasteiger partial charge in [0.25, 0.3) is 0 Å². The number of nitrogens with one attached hydrogen (secondary N) is 2. The quantitative estimate of drug-likeness (QED) is 0.472. The third-order valence-electron chi connectivity index (χ3n) is 2.95. The lowest BCUT2D eigenvalue weighted by Gasteiger charge is -2.14. The second-order valence-corrected chi connectivity index (χ2v) is 5.58. The molecule has 0 aliphatic heterocycles. The maximum Gasteiger partial charge on any atom is 0.310 e. The lowest BCUT2D eigenvalue weighted by molar-refractivity contribution is -0.144. The molecule has 1 aromatic rings. The molecule has 5 nitrogen and oxygen atoms in total. The van der Waals surface area contributed by atoms with Crippen LogP contribution in [0.1, 0.15) is 19.4 Å². The van der Waals surface area contributed by atoms with Crippen LogP contribution in [0, 0.1) is 5.92 Å². The predicted molar refractivity (Wildman–Crippen MR) is 90.5 cm³/mol. The molecule has 0 saturated heterocycles. The van der Waals surface area contributed by atoms with E-state index in [9.17, 15) is 4.79 Å². The second kappa shape index (κ2) is 9.54. The van der Waals surface area contributed by atoms with E-state index in [-0.39, 0.29) is 11.9 Å². The lowest BCUT2D eigenvalue weighted by atomic mass is 10.2. The van der Waals surface area contributed by atoms with Crippen molar-refractivity contribution in [2.75, 3.05) is 20.2 Å². The van der Waals surface area contributed by atoms with Crippen molar-refractivity contribution in [2.24, 2.45) is 10.9 Å². The van der Waals surface area contributed by atoms with E-state index in [0.29, 0.717) is 35.6 Å². The Hall–Kier alpha value is -1.46. The van der Waals surface area contributed by atoms with Crippen LogP contribution in [0.3, 0.4) is 0 Å². The van der Waals surface area contributed by atoms with Gasteiger partial charge in [0.05, 0.1) is 19.6 Å². The molecule has 7 heteroatoms. The van der Waals surface area contributed by atoms with Crippen LogP contribution in [-0.2, 0) is 16.1 Å². The molecule has 0 fully saturated rings. The van der Waals surface area contributed by atoms with Crippen molar-refractivity contribution in [3.05, 3.63) is 33.8 Å². The molecule has 1 aromatic carbocycles. The van der Waals surface area contributed by atoms with Gasteiger partial charge in [0, 0.05) is 23.1 Å². The molecule has 0 aliphatic rings. The minimum absolute atomic E-state index is 0.257. The Balaban J connectivity index is 2.67. The summed E-state index contributed by atoms with van der Waals surface area (Å²) in [5, 5.41) is 7.39. The molecule has 0 amide bonds. The van der Waals surface area contributed by atoms with Gasteiger partial charge >= 0.3 is 5.97 Å². The average molecular weight is 346 g/mol. The molecule has 1 atom stereocenters. The van der Waals surface area contributed by atoms with Crippen molar-refractivity contribution < 1.29 is 9.53 Å². The Kier molecular flexibility index (Phi) is 8.06. The van der Waals surface area contributed by atoms with Crippen LogP contribution in [-0.4, -0.2) is 32.1 Å². The molecule has 122 valence electrons. The highest BCUT2D eigenvalue weighted by Gasteiger charge is 2.13. The number of guanidine groups is 1. The number of halogens is 2. The molecular formula is C15H21Cl2N3O2. The highest BCUT2D eigenvalue weighted by atomic mass is 35.5. The number of hydrogen-bond donors (Lipinski definition) is 2. The first kappa shape index (κ1) is 18.6. The van der Waals surface area contributed by atoms with Gasteiger partial charge in [-0.1, -0.05) is 36.2 Å². The number of carbonyl (C=O) groups is 1. The summed E-state index contributed by atoms with van der Waals surface area (Å²) in [6.07, 6.45) is 0. The number of hydrogen-bond acceptors (Lipinski definition) is 3. The number of rotatable bonds is 6. The minimum Gasteiger partial charge on any atom is -0.469 e. The van der Waals surface area contributed by atoms with Gasteiger partial charge < -0.3 is 15.4 Å². The molecule has 2 N–H and O–H groups in total. The number of carbonyl (C=O) groups excluding carboxylic acids is 1. The summed E-state index contributed by atoms with van der Waals surface area (Å²) in [4.78, 5) is 15.8. The van der Waals surface area contributed by atoms with Crippen LogP contribution >= 0.6 is 23.2 Å². The van der Waals surface area contributed by atoms with E-state index in [1.54, 1.807) is 19.1 Å². The molecule has 1 unspecified atom stereocenters. The number of esters is 1. The lowest BCUT2D eigenvalue weighted by Crippen LogP contribution is -2.40. The fraction of sp³-hybridized carbons (Fsp3) is 0.467. The Labute approximate surface area is 141 Å². The number of benzene rings is 1. The van der Waals surface area contributed by atoms with Crippen molar-refractivity contribution in [3.63, 3.8) is 0 Å². The minimum atomic E-state index is -0.260. The molecule has 0 aliphatic carbocycles.